The molecule has 0 spiro atoms. The second-order valence-electron chi connectivity index (χ2n) is 6.15. The minimum atomic E-state index is -3.32. The van der Waals surface area contributed by atoms with Gasteiger partial charge in [0.05, 0.1) is 27.9 Å². The summed E-state index contributed by atoms with van der Waals surface area (Å²) < 4.78 is 32.9. The van der Waals surface area contributed by atoms with E-state index in [1.54, 1.807) is 45.5 Å². The first-order valence-electron chi connectivity index (χ1n) is 8.12. The Hall–Kier alpha value is -2.30. The molecule has 0 radical (unpaired) electrons. The lowest BCUT2D eigenvalue weighted by molar-refractivity contribution is 0.0988. The Bertz CT molecular complexity index is 1170. The highest BCUT2D eigenvalue weighted by atomic mass is 32.2. The van der Waals surface area contributed by atoms with Crippen LogP contribution in [0.1, 0.15) is 16.1 Å². The molecule has 2 heterocycles. The number of rotatable bonds is 5. The Balaban J connectivity index is 2.19. The number of nitrogens with zero attached hydrogens (tertiary/aromatic N) is 4. The van der Waals surface area contributed by atoms with Crippen molar-refractivity contribution in [1.29, 1.82) is 0 Å². The highest BCUT2D eigenvalue weighted by molar-refractivity contribution is 7.90. The highest BCUT2D eigenvalue weighted by Gasteiger charge is 2.16. The van der Waals surface area contributed by atoms with Crippen molar-refractivity contribution in [2.24, 2.45) is 12.0 Å². The van der Waals surface area contributed by atoms with E-state index >= 15 is 0 Å². The Morgan fingerprint density at radius 2 is 2.11 bits per heavy atom. The number of fused-ring (bicyclic) bond motifs is 1. The van der Waals surface area contributed by atoms with Gasteiger partial charge in [0.2, 0.25) is 0 Å². The minimum Gasteiger partial charge on any atom is -0.383 e. The van der Waals surface area contributed by atoms with E-state index in [0.29, 0.717) is 23.6 Å². The number of hydrogen-bond donors (Lipinski definition) is 0. The van der Waals surface area contributed by atoms with Crippen LogP contribution < -0.4 is 4.80 Å². The molecule has 0 saturated carbocycles. The number of hydrogen-bond acceptors (Lipinski definition) is 6. The molecule has 0 unspecified atom stereocenters. The molecule has 3 rings (SSSR count). The molecular weight excluding hydrogens is 388 g/mol. The summed E-state index contributed by atoms with van der Waals surface area (Å²) in [4.78, 5) is 17.7. The summed E-state index contributed by atoms with van der Waals surface area (Å²) in [5, 5.41) is 4.08. The van der Waals surface area contributed by atoms with E-state index in [9.17, 15) is 13.2 Å². The molecule has 10 heteroatoms. The highest BCUT2D eigenvalue weighted by Crippen LogP contribution is 2.22. The first kappa shape index (κ1) is 19.5. The van der Waals surface area contributed by atoms with Gasteiger partial charge >= 0.3 is 0 Å². The van der Waals surface area contributed by atoms with Crippen LogP contribution in [0.15, 0.2) is 34.3 Å². The number of benzene rings is 1. The molecule has 8 nitrogen and oxygen atoms in total. The van der Waals surface area contributed by atoms with Crippen molar-refractivity contribution in [2.45, 2.75) is 18.4 Å². The van der Waals surface area contributed by atoms with Crippen LogP contribution in [0.3, 0.4) is 0 Å². The molecule has 0 aliphatic heterocycles. The minimum absolute atomic E-state index is 0.232. The lowest BCUT2D eigenvalue weighted by Crippen LogP contribution is -2.20. The van der Waals surface area contributed by atoms with Gasteiger partial charge in [0.25, 0.3) is 5.91 Å². The number of amides is 1. The monoisotopic (exact) mass is 408 g/mol. The van der Waals surface area contributed by atoms with Gasteiger partial charge in [-0.15, -0.1) is 0 Å². The van der Waals surface area contributed by atoms with Crippen LogP contribution in [0.5, 0.6) is 0 Å². The van der Waals surface area contributed by atoms with Crippen LogP contribution in [0.25, 0.3) is 10.2 Å². The quantitative estimate of drug-likeness (QED) is 0.638. The number of carbonyl (C=O) groups is 1. The summed E-state index contributed by atoms with van der Waals surface area (Å²) in [6, 6.07) is 4.90. The van der Waals surface area contributed by atoms with E-state index in [1.165, 1.54) is 22.3 Å². The topological polar surface area (TPSA) is 95.6 Å². The van der Waals surface area contributed by atoms with E-state index in [2.05, 4.69) is 10.1 Å². The summed E-state index contributed by atoms with van der Waals surface area (Å²) in [6.07, 6.45) is 2.78. The Kier molecular flexibility index (Phi) is 5.31. The molecule has 0 atom stereocenters. The summed E-state index contributed by atoms with van der Waals surface area (Å²) >= 11 is 1.27. The first-order valence-corrected chi connectivity index (χ1v) is 10.8. The van der Waals surface area contributed by atoms with Gasteiger partial charge in [0.15, 0.2) is 14.6 Å². The van der Waals surface area contributed by atoms with Crippen molar-refractivity contribution in [2.75, 3.05) is 20.0 Å². The average molecular weight is 409 g/mol. The molecule has 3 aromatic rings. The zero-order valence-electron chi connectivity index (χ0n) is 15.5. The van der Waals surface area contributed by atoms with Crippen LogP contribution >= 0.6 is 11.3 Å². The molecule has 27 heavy (non-hydrogen) atoms. The van der Waals surface area contributed by atoms with Crippen LogP contribution in [0.2, 0.25) is 0 Å². The fourth-order valence-electron chi connectivity index (χ4n) is 2.76. The third-order valence-corrected chi connectivity index (χ3v) is 6.27. The maximum Gasteiger partial charge on any atom is 0.298 e. The SMILES string of the molecule is COCCn1c(=NC(=O)c2c(C)cnn2C)sc2cc(S(C)(=O)=O)ccc21. The number of carbonyl (C=O) groups excluding carboxylic acids is 1. The normalized spacial score (nSPS) is 12.8. The van der Waals surface area contributed by atoms with E-state index in [-0.39, 0.29) is 4.90 Å². The fourth-order valence-corrected chi connectivity index (χ4v) is 4.58. The summed E-state index contributed by atoms with van der Waals surface area (Å²) in [5.41, 5.74) is 1.97. The zero-order valence-corrected chi connectivity index (χ0v) is 17.1. The van der Waals surface area contributed by atoms with Crippen molar-refractivity contribution in [3.05, 3.63) is 40.5 Å². The standard InChI is InChI=1S/C17H20N4O4S2/c1-11-10-18-20(2)15(11)16(22)19-17-21(7-8-25-3)13-6-5-12(27(4,23)24)9-14(13)26-17/h5-6,9-10H,7-8H2,1-4H3. The van der Waals surface area contributed by atoms with Crippen molar-refractivity contribution < 1.29 is 17.9 Å². The molecule has 0 aliphatic rings. The Morgan fingerprint density at radius 3 is 2.70 bits per heavy atom. The molecule has 0 N–H and O–H groups in total. The van der Waals surface area contributed by atoms with E-state index in [1.807, 2.05) is 4.57 Å². The summed E-state index contributed by atoms with van der Waals surface area (Å²) in [7, 11) is -0.0334. The average Bonchev–Trinajstić information content (AvgIpc) is 3.10. The van der Waals surface area contributed by atoms with Gasteiger partial charge < -0.3 is 9.30 Å². The Morgan fingerprint density at radius 1 is 1.37 bits per heavy atom. The van der Waals surface area contributed by atoms with E-state index in [4.69, 9.17) is 4.74 Å². The van der Waals surface area contributed by atoms with Crippen LogP contribution in [-0.2, 0) is 28.2 Å². The second kappa shape index (κ2) is 7.37. The van der Waals surface area contributed by atoms with Crippen molar-refractivity contribution >= 4 is 37.3 Å². The molecule has 0 saturated heterocycles. The Labute approximate surface area is 160 Å². The number of sulfone groups is 1. The predicted molar refractivity (Wildman–Crippen MR) is 103 cm³/mol. The lowest BCUT2D eigenvalue weighted by atomic mass is 10.3. The predicted octanol–water partition coefficient (Wildman–Crippen LogP) is 1.54. The number of aryl methyl sites for hydroxylation is 2. The smallest absolute Gasteiger partial charge is 0.298 e. The molecule has 1 amide bonds. The summed E-state index contributed by atoms with van der Waals surface area (Å²) in [5.74, 6) is -0.395. The van der Waals surface area contributed by atoms with Gasteiger partial charge in [0, 0.05) is 32.5 Å². The van der Waals surface area contributed by atoms with Crippen molar-refractivity contribution in [3.63, 3.8) is 0 Å². The molecule has 0 bridgehead atoms. The second-order valence-corrected chi connectivity index (χ2v) is 9.17. The largest absolute Gasteiger partial charge is 0.383 e. The van der Waals surface area contributed by atoms with Crippen molar-refractivity contribution in [3.8, 4) is 0 Å². The molecular formula is C17H20N4O4S2. The molecule has 1 aromatic carbocycles. The lowest BCUT2D eigenvalue weighted by Gasteiger charge is -2.05. The van der Waals surface area contributed by atoms with E-state index < -0.39 is 15.7 Å². The van der Waals surface area contributed by atoms with E-state index in [0.717, 1.165) is 15.8 Å². The number of thiazole rings is 1. The maximum atomic E-state index is 12.7. The van der Waals surface area contributed by atoms with Gasteiger partial charge in [-0.3, -0.25) is 9.48 Å². The van der Waals surface area contributed by atoms with Gasteiger partial charge in [-0.25, -0.2) is 8.42 Å². The molecule has 0 aliphatic carbocycles. The van der Waals surface area contributed by atoms with Gasteiger partial charge in [-0.2, -0.15) is 10.1 Å². The fraction of sp³-hybridized carbons (Fsp3) is 0.353. The molecule has 0 fully saturated rings. The zero-order chi connectivity index (χ0) is 19.8. The van der Waals surface area contributed by atoms with Gasteiger partial charge in [-0.05, 0) is 25.1 Å². The van der Waals surface area contributed by atoms with Gasteiger partial charge in [0.1, 0.15) is 5.69 Å². The number of aromatic nitrogens is 3. The summed E-state index contributed by atoms with van der Waals surface area (Å²) in [6.45, 7) is 2.73. The van der Waals surface area contributed by atoms with Crippen LogP contribution in [0.4, 0.5) is 0 Å². The number of ether oxygens (including phenoxy) is 1. The third kappa shape index (κ3) is 3.87. The third-order valence-electron chi connectivity index (χ3n) is 4.12. The number of methoxy groups -OCH3 is 1. The van der Waals surface area contributed by atoms with Crippen LogP contribution in [0, 0.1) is 6.92 Å². The van der Waals surface area contributed by atoms with Gasteiger partial charge in [-0.1, -0.05) is 11.3 Å². The van der Waals surface area contributed by atoms with Crippen molar-refractivity contribution in [1.82, 2.24) is 14.3 Å². The first-order chi connectivity index (χ1) is 12.7. The molecule has 144 valence electrons. The maximum absolute atomic E-state index is 12.7. The molecule has 2 aromatic heterocycles. The van der Waals surface area contributed by atoms with Crippen LogP contribution in [-0.4, -0.2) is 48.6 Å².